The number of halogens is 1. The molecule has 0 aromatic heterocycles. The van der Waals surface area contributed by atoms with Crippen molar-refractivity contribution in [3.8, 4) is 11.5 Å². The summed E-state index contributed by atoms with van der Waals surface area (Å²) in [5.74, 6) is 0.719. The van der Waals surface area contributed by atoms with E-state index in [-0.39, 0.29) is 12.6 Å². The molecule has 0 unspecified atom stereocenters. The Morgan fingerprint density at radius 2 is 1.79 bits per heavy atom. The van der Waals surface area contributed by atoms with E-state index in [1.54, 1.807) is 37.4 Å². The summed E-state index contributed by atoms with van der Waals surface area (Å²) in [5.41, 5.74) is 2.11. The fourth-order valence-electron chi connectivity index (χ4n) is 2.81. The number of carbonyl (C=O) groups is 1. The summed E-state index contributed by atoms with van der Waals surface area (Å²) in [5, 5.41) is 2.83. The molecule has 0 aliphatic rings. The molecule has 9 heteroatoms. The van der Waals surface area contributed by atoms with Gasteiger partial charge in [0.15, 0.2) is 11.5 Å². The van der Waals surface area contributed by atoms with Gasteiger partial charge in [-0.05, 0) is 55.3 Å². The number of ether oxygens (including phenoxy) is 2. The Bertz CT molecular complexity index is 994. The molecule has 2 aromatic carbocycles. The average Bonchev–Trinajstić information content (AvgIpc) is 2.66. The molecule has 0 fully saturated rings. The number of amides is 1. The number of nitrogens with zero attached hydrogens (tertiary/aromatic N) is 1. The molecule has 1 atom stereocenters. The minimum absolute atomic E-state index is 0.322. The van der Waals surface area contributed by atoms with E-state index in [1.165, 1.54) is 7.11 Å². The van der Waals surface area contributed by atoms with Crippen LogP contribution in [0.15, 0.2) is 40.9 Å². The number of benzene rings is 2. The van der Waals surface area contributed by atoms with E-state index < -0.39 is 15.9 Å². The maximum absolute atomic E-state index is 12.6. The fraction of sp³-hybridized carbons (Fsp3) is 0.350. The molecule has 0 spiro atoms. The van der Waals surface area contributed by atoms with Crippen molar-refractivity contribution in [1.29, 1.82) is 0 Å². The predicted octanol–water partition coefficient (Wildman–Crippen LogP) is 3.42. The zero-order chi connectivity index (χ0) is 21.8. The van der Waals surface area contributed by atoms with E-state index in [9.17, 15) is 13.2 Å². The van der Waals surface area contributed by atoms with Crippen LogP contribution in [0.1, 0.15) is 24.1 Å². The molecule has 0 radical (unpaired) electrons. The minimum Gasteiger partial charge on any atom is -0.493 e. The second kappa shape index (κ2) is 9.49. The van der Waals surface area contributed by atoms with Crippen LogP contribution in [0.3, 0.4) is 0 Å². The molecule has 0 aliphatic heterocycles. The molecule has 158 valence electrons. The van der Waals surface area contributed by atoms with Crippen LogP contribution < -0.4 is 19.1 Å². The van der Waals surface area contributed by atoms with Gasteiger partial charge in [0.05, 0.1) is 32.2 Å². The maximum atomic E-state index is 12.6. The zero-order valence-corrected chi connectivity index (χ0v) is 19.4. The van der Waals surface area contributed by atoms with Gasteiger partial charge in [0, 0.05) is 4.47 Å². The third-order valence-electron chi connectivity index (χ3n) is 4.40. The van der Waals surface area contributed by atoms with Crippen molar-refractivity contribution in [2.75, 3.05) is 31.3 Å². The van der Waals surface area contributed by atoms with Crippen LogP contribution in [0, 0.1) is 6.92 Å². The minimum atomic E-state index is -3.64. The van der Waals surface area contributed by atoms with Crippen molar-refractivity contribution >= 4 is 37.5 Å². The lowest BCUT2D eigenvalue weighted by Gasteiger charge is -2.24. The molecule has 7 nitrogen and oxygen atoms in total. The monoisotopic (exact) mass is 484 g/mol. The van der Waals surface area contributed by atoms with Gasteiger partial charge in [-0.15, -0.1) is 0 Å². The van der Waals surface area contributed by atoms with E-state index >= 15 is 0 Å². The van der Waals surface area contributed by atoms with Crippen molar-refractivity contribution in [3.63, 3.8) is 0 Å². The average molecular weight is 485 g/mol. The lowest BCUT2D eigenvalue weighted by atomic mass is 10.1. The Labute approximate surface area is 180 Å². The molecular weight excluding hydrogens is 460 g/mol. The van der Waals surface area contributed by atoms with Gasteiger partial charge in [-0.1, -0.05) is 22.0 Å². The number of sulfonamides is 1. The number of aryl methyl sites for hydroxylation is 1. The van der Waals surface area contributed by atoms with Gasteiger partial charge in [0.25, 0.3) is 0 Å². The van der Waals surface area contributed by atoms with Crippen LogP contribution >= 0.6 is 15.9 Å². The standard InChI is InChI=1S/C20H25BrN2O5S/c1-13-10-16(7-8-17(13)21)23(29(5,25)26)12-20(24)22-14(2)15-6-9-18(27-3)19(11-15)28-4/h6-11,14H,12H2,1-5H3,(H,22,24)/t14-/m1/s1. The summed E-state index contributed by atoms with van der Waals surface area (Å²) in [4.78, 5) is 12.6. The first-order valence-corrected chi connectivity index (χ1v) is 11.5. The number of rotatable bonds is 8. The van der Waals surface area contributed by atoms with E-state index in [4.69, 9.17) is 9.47 Å². The molecular formula is C20H25BrN2O5S. The van der Waals surface area contributed by atoms with Crippen molar-refractivity contribution in [1.82, 2.24) is 5.32 Å². The molecule has 0 heterocycles. The summed E-state index contributed by atoms with van der Waals surface area (Å²) in [7, 11) is -0.557. The molecule has 0 saturated carbocycles. The van der Waals surface area contributed by atoms with Gasteiger partial charge < -0.3 is 14.8 Å². The van der Waals surface area contributed by atoms with Gasteiger partial charge in [0.2, 0.25) is 15.9 Å². The molecule has 1 amide bonds. The van der Waals surface area contributed by atoms with E-state index in [0.29, 0.717) is 17.2 Å². The van der Waals surface area contributed by atoms with Gasteiger partial charge in [-0.2, -0.15) is 0 Å². The van der Waals surface area contributed by atoms with Gasteiger partial charge in [-0.3, -0.25) is 9.10 Å². The normalized spacial score (nSPS) is 12.2. The topological polar surface area (TPSA) is 84.9 Å². The number of hydrogen-bond acceptors (Lipinski definition) is 5. The lowest BCUT2D eigenvalue weighted by molar-refractivity contribution is -0.120. The predicted molar refractivity (Wildman–Crippen MR) is 117 cm³/mol. The Morgan fingerprint density at radius 1 is 1.14 bits per heavy atom. The largest absolute Gasteiger partial charge is 0.493 e. The number of anilines is 1. The highest BCUT2D eigenvalue weighted by Crippen LogP contribution is 2.30. The first-order valence-electron chi connectivity index (χ1n) is 8.82. The van der Waals surface area contributed by atoms with Crippen molar-refractivity contribution in [3.05, 3.63) is 52.0 Å². The summed E-state index contributed by atoms with van der Waals surface area (Å²) in [6.07, 6.45) is 1.08. The summed E-state index contributed by atoms with van der Waals surface area (Å²) in [6, 6.07) is 10.1. The zero-order valence-electron chi connectivity index (χ0n) is 17.0. The molecule has 1 N–H and O–H groups in total. The highest BCUT2D eigenvalue weighted by Gasteiger charge is 2.22. The number of nitrogens with one attached hydrogen (secondary N) is 1. The van der Waals surface area contributed by atoms with E-state index in [2.05, 4.69) is 21.2 Å². The SMILES string of the molecule is COc1ccc([C@@H](C)NC(=O)CN(c2ccc(Br)c(C)c2)S(C)(=O)=O)cc1OC. The second-order valence-electron chi connectivity index (χ2n) is 6.61. The first-order chi connectivity index (χ1) is 13.6. The molecule has 0 saturated heterocycles. The molecule has 0 bridgehead atoms. The summed E-state index contributed by atoms with van der Waals surface area (Å²) >= 11 is 3.39. The Hall–Kier alpha value is -2.26. The summed E-state index contributed by atoms with van der Waals surface area (Å²) < 4.78 is 37.0. The number of hydrogen-bond donors (Lipinski definition) is 1. The van der Waals surface area contributed by atoms with Crippen LogP contribution in [0.25, 0.3) is 0 Å². The van der Waals surface area contributed by atoms with Crippen molar-refractivity contribution in [2.24, 2.45) is 0 Å². The fourth-order valence-corrected chi connectivity index (χ4v) is 3.90. The number of carbonyl (C=O) groups excluding carboxylic acids is 1. The smallest absolute Gasteiger partial charge is 0.241 e. The molecule has 2 rings (SSSR count). The van der Waals surface area contributed by atoms with Crippen LogP contribution in [-0.2, 0) is 14.8 Å². The van der Waals surface area contributed by atoms with Crippen molar-refractivity contribution in [2.45, 2.75) is 19.9 Å². The van der Waals surface area contributed by atoms with Gasteiger partial charge in [-0.25, -0.2) is 8.42 Å². The van der Waals surface area contributed by atoms with E-state index in [1.807, 2.05) is 19.9 Å². The highest BCUT2D eigenvalue weighted by molar-refractivity contribution is 9.10. The second-order valence-corrected chi connectivity index (χ2v) is 9.37. The van der Waals surface area contributed by atoms with Crippen LogP contribution in [-0.4, -0.2) is 41.3 Å². The lowest BCUT2D eigenvalue weighted by Crippen LogP contribution is -2.41. The quantitative estimate of drug-likeness (QED) is 0.620. The Kier molecular flexibility index (Phi) is 7.54. The van der Waals surface area contributed by atoms with E-state index in [0.717, 1.165) is 26.2 Å². The first kappa shape index (κ1) is 23.0. The maximum Gasteiger partial charge on any atom is 0.241 e. The van der Waals surface area contributed by atoms with Crippen LogP contribution in [0.4, 0.5) is 5.69 Å². The van der Waals surface area contributed by atoms with Gasteiger partial charge in [0.1, 0.15) is 6.54 Å². The Morgan fingerprint density at radius 3 is 2.34 bits per heavy atom. The van der Waals surface area contributed by atoms with Gasteiger partial charge >= 0.3 is 0 Å². The van der Waals surface area contributed by atoms with Crippen LogP contribution in [0.2, 0.25) is 0 Å². The summed E-state index contributed by atoms with van der Waals surface area (Å²) in [6.45, 7) is 3.35. The molecule has 0 aliphatic carbocycles. The molecule has 29 heavy (non-hydrogen) atoms. The highest BCUT2D eigenvalue weighted by atomic mass is 79.9. The van der Waals surface area contributed by atoms with Crippen LogP contribution in [0.5, 0.6) is 11.5 Å². The molecule has 2 aromatic rings. The Balaban J connectivity index is 2.19. The number of methoxy groups -OCH3 is 2. The van der Waals surface area contributed by atoms with Crippen molar-refractivity contribution < 1.29 is 22.7 Å². The third-order valence-corrected chi connectivity index (χ3v) is 6.43. The third kappa shape index (κ3) is 5.86.